The van der Waals surface area contributed by atoms with Crippen LogP contribution in [0.25, 0.3) is 16.6 Å². The van der Waals surface area contributed by atoms with E-state index in [1.165, 1.54) is 0 Å². The molecular weight excluding hydrogens is 332 g/mol. The highest BCUT2D eigenvalue weighted by Crippen LogP contribution is 2.32. The Bertz CT molecular complexity index is 1040. The number of carbonyl (C=O) groups excluding carboxylic acids is 1. The average Bonchev–Trinajstić information content (AvgIpc) is 3.02. The van der Waals surface area contributed by atoms with Gasteiger partial charge in [-0.3, -0.25) is 4.79 Å². The zero-order chi connectivity index (χ0) is 17.2. The van der Waals surface area contributed by atoms with Crippen LogP contribution in [0.2, 0.25) is 5.02 Å². The van der Waals surface area contributed by atoms with Crippen molar-refractivity contribution in [2.75, 3.05) is 5.32 Å². The molecule has 3 nitrogen and oxygen atoms in total. The third-order valence-electron chi connectivity index (χ3n) is 4.10. The van der Waals surface area contributed by atoms with Crippen LogP contribution in [0.3, 0.4) is 0 Å². The van der Waals surface area contributed by atoms with Crippen LogP contribution in [0.1, 0.15) is 10.4 Å². The fourth-order valence-electron chi connectivity index (χ4n) is 2.87. The first-order valence-electron chi connectivity index (χ1n) is 7.95. The first-order valence-corrected chi connectivity index (χ1v) is 8.32. The maximum atomic E-state index is 12.7. The largest absolute Gasteiger partial charge is 0.307 e. The maximum absolute atomic E-state index is 12.7. The van der Waals surface area contributed by atoms with Gasteiger partial charge in [0.1, 0.15) is 5.82 Å². The minimum atomic E-state index is -0.169. The van der Waals surface area contributed by atoms with Crippen LogP contribution in [-0.4, -0.2) is 10.3 Å². The van der Waals surface area contributed by atoms with E-state index in [1.807, 2.05) is 59.1 Å². The minimum Gasteiger partial charge on any atom is -0.307 e. The number of aromatic nitrogens is 1. The molecule has 4 heteroatoms. The lowest BCUT2D eigenvalue weighted by Crippen LogP contribution is -2.13. The second kappa shape index (κ2) is 6.46. The van der Waals surface area contributed by atoms with Crippen LogP contribution in [-0.2, 0) is 0 Å². The van der Waals surface area contributed by atoms with Crippen LogP contribution in [0, 0.1) is 0 Å². The predicted molar refractivity (Wildman–Crippen MR) is 102 cm³/mol. The lowest BCUT2D eigenvalue weighted by molar-refractivity contribution is 0.102. The summed E-state index contributed by atoms with van der Waals surface area (Å²) in [5.41, 5.74) is 3.62. The number of carbonyl (C=O) groups is 1. The van der Waals surface area contributed by atoms with E-state index in [0.29, 0.717) is 10.6 Å². The minimum absolute atomic E-state index is 0.169. The molecule has 25 heavy (non-hydrogen) atoms. The quantitative estimate of drug-likeness (QED) is 0.521. The molecule has 1 N–H and O–H groups in total. The summed E-state index contributed by atoms with van der Waals surface area (Å²) >= 11 is 5.91. The van der Waals surface area contributed by atoms with Gasteiger partial charge in [-0.2, -0.15) is 0 Å². The summed E-state index contributed by atoms with van der Waals surface area (Å²) < 4.78 is 1.98. The van der Waals surface area contributed by atoms with Crippen LogP contribution in [0.5, 0.6) is 0 Å². The summed E-state index contributed by atoms with van der Waals surface area (Å²) in [6.07, 6.45) is 1.94. The molecule has 0 fully saturated rings. The van der Waals surface area contributed by atoms with Crippen molar-refractivity contribution < 1.29 is 4.79 Å². The average molecular weight is 347 g/mol. The summed E-state index contributed by atoms with van der Waals surface area (Å²) in [4.78, 5) is 12.7. The third kappa shape index (κ3) is 3.02. The third-order valence-corrected chi connectivity index (χ3v) is 4.35. The van der Waals surface area contributed by atoms with E-state index in [2.05, 4.69) is 11.4 Å². The number of amides is 1. The number of nitrogens with one attached hydrogen (secondary N) is 1. The Balaban J connectivity index is 1.80. The Morgan fingerprint density at radius 1 is 0.880 bits per heavy atom. The molecule has 0 aliphatic carbocycles. The number of hydrogen-bond acceptors (Lipinski definition) is 1. The van der Waals surface area contributed by atoms with Gasteiger partial charge in [0.25, 0.3) is 5.91 Å². The zero-order valence-electron chi connectivity index (χ0n) is 13.3. The molecule has 122 valence electrons. The monoisotopic (exact) mass is 346 g/mol. The van der Waals surface area contributed by atoms with Gasteiger partial charge >= 0.3 is 0 Å². The van der Waals surface area contributed by atoms with Crippen molar-refractivity contribution in [2.45, 2.75) is 0 Å². The second-order valence-corrected chi connectivity index (χ2v) is 6.17. The SMILES string of the molecule is O=C(Nc1c(-c2ccccc2)cc2ccccn12)c1ccc(Cl)cc1. The van der Waals surface area contributed by atoms with Crippen molar-refractivity contribution in [3.05, 3.63) is 95.6 Å². The molecule has 0 atom stereocenters. The van der Waals surface area contributed by atoms with E-state index in [9.17, 15) is 4.79 Å². The molecule has 4 aromatic rings. The molecule has 4 rings (SSSR count). The highest BCUT2D eigenvalue weighted by Gasteiger charge is 2.15. The summed E-state index contributed by atoms with van der Waals surface area (Å²) in [7, 11) is 0. The molecule has 1 amide bonds. The number of nitrogens with zero attached hydrogens (tertiary/aromatic N) is 1. The van der Waals surface area contributed by atoms with Crippen molar-refractivity contribution in [3.63, 3.8) is 0 Å². The Morgan fingerprint density at radius 2 is 1.60 bits per heavy atom. The van der Waals surface area contributed by atoms with Crippen LogP contribution >= 0.6 is 11.6 Å². The van der Waals surface area contributed by atoms with Gasteiger partial charge in [0.05, 0.1) is 0 Å². The lowest BCUT2D eigenvalue weighted by atomic mass is 10.1. The highest BCUT2D eigenvalue weighted by molar-refractivity contribution is 6.30. The van der Waals surface area contributed by atoms with E-state index >= 15 is 0 Å². The van der Waals surface area contributed by atoms with Crippen molar-refractivity contribution in [1.29, 1.82) is 0 Å². The number of pyridine rings is 1. The molecule has 0 spiro atoms. The summed E-state index contributed by atoms with van der Waals surface area (Å²) in [6, 6.07) is 24.9. The van der Waals surface area contributed by atoms with Crippen molar-refractivity contribution in [1.82, 2.24) is 4.40 Å². The fourth-order valence-corrected chi connectivity index (χ4v) is 3.00. The normalized spacial score (nSPS) is 10.8. The summed E-state index contributed by atoms with van der Waals surface area (Å²) in [5, 5.41) is 3.65. The van der Waals surface area contributed by atoms with Gasteiger partial charge in [-0.25, -0.2) is 0 Å². The molecule has 2 heterocycles. The van der Waals surface area contributed by atoms with Gasteiger partial charge < -0.3 is 9.72 Å². The second-order valence-electron chi connectivity index (χ2n) is 5.73. The molecule has 0 bridgehead atoms. The topological polar surface area (TPSA) is 33.5 Å². The first-order chi connectivity index (χ1) is 12.2. The van der Waals surface area contributed by atoms with Gasteiger partial charge in [-0.15, -0.1) is 0 Å². The first kappa shape index (κ1) is 15.5. The molecule has 0 saturated carbocycles. The van der Waals surface area contributed by atoms with Crippen molar-refractivity contribution >= 4 is 28.8 Å². The molecule has 2 aromatic heterocycles. The van der Waals surface area contributed by atoms with Gasteiger partial charge in [0, 0.05) is 27.9 Å². The van der Waals surface area contributed by atoms with Gasteiger partial charge in [-0.1, -0.05) is 48.0 Å². The standard InChI is InChI=1S/C21H15ClN2O/c22-17-11-9-16(10-12-17)21(25)23-20-19(15-6-2-1-3-7-15)14-18-8-4-5-13-24(18)20/h1-14H,(H,23,25). The predicted octanol–water partition coefficient (Wildman–Crippen LogP) is 5.51. The molecule has 0 aliphatic rings. The molecule has 0 aliphatic heterocycles. The summed E-state index contributed by atoms with van der Waals surface area (Å²) in [5.74, 6) is 0.583. The van der Waals surface area contributed by atoms with E-state index in [1.54, 1.807) is 24.3 Å². The van der Waals surface area contributed by atoms with Crippen molar-refractivity contribution in [2.24, 2.45) is 0 Å². The fraction of sp³-hybridized carbons (Fsp3) is 0. The number of benzene rings is 2. The van der Waals surface area contributed by atoms with Crippen LogP contribution < -0.4 is 5.32 Å². The van der Waals surface area contributed by atoms with E-state index in [0.717, 1.165) is 22.5 Å². The molecule has 2 aromatic carbocycles. The van der Waals surface area contributed by atoms with Gasteiger partial charge in [0.15, 0.2) is 0 Å². The number of fused-ring (bicyclic) bond motifs is 1. The molecular formula is C21H15ClN2O. The number of rotatable bonds is 3. The number of anilines is 1. The van der Waals surface area contributed by atoms with Gasteiger partial charge in [0.2, 0.25) is 0 Å². The van der Waals surface area contributed by atoms with Gasteiger partial charge in [-0.05, 0) is 48.0 Å². The molecule has 0 radical (unpaired) electrons. The van der Waals surface area contributed by atoms with Crippen LogP contribution in [0.4, 0.5) is 5.82 Å². The van der Waals surface area contributed by atoms with E-state index in [4.69, 9.17) is 11.6 Å². The van der Waals surface area contributed by atoms with Crippen molar-refractivity contribution in [3.8, 4) is 11.1 Å². The molecule has 0 saturated heterocycles. The number of hydrogen-bond donors (Lipinski definition) is 1. The Labute approximate surface area is 150 Å². The molecule has 0 unspecified atom stereocenters. The maximum Gasteiger partial charge on any atom is 0.256 e. The number of halogens is 1. The Kier molecular flexibility index (Phi) is 4.00. The lowest BCUT2D eigenvalue weighted by Gasteiger charge is -2.09. The smallest absolute Gasteiger partial charge is 0.256 e. The van der Waals surface area contributed by atoms with E-state index in [-0.39, 0.29) is 5.91 Å². The summed E-state index contributed by atoms with van der Waals surface area (Å²) in [6.45, 7) is 0. The van der Waals surface area contributed by atoms with Crippen LogP contribution in [0.15, 0.2) is 85.1 Å². The Morgan fingerprint density at radius 3 is 2.36 bits per heavy atom. The highest BCUT2D eigenvalue weighted by atomic mass is 35.5. The Hall–Kier alpha value is -3.04. The van der Waals surface area contributed by atoms with E-state index < -0.39 is 0 Å². The zero-order valence-corrected chi connectivity index (χ0v) is 14.1.